The van der Waals surface area contributed by atoms with Gasteiger partial charge in [-0.15, -0.1) is 0 Å². The van der Waals surface area contributed by atoms with E-state index in [9.17, 15) is 0 Å². The number of unbranched alkanes of at least 4 members (excludes halogenated alkanes) is 3. The van der Waals surface area contributed by atoms with Gasteiger partial charge < -0.3 is 0 Å². The second-order valence-corrected chi connectivity index (χ2v) is 8.13. The molecule has 0 spiro atoms. The summed E-state index contributed by atoms with van der Waals surface area (Å²) in [7, 11) is 0. The van der Waals surface area contributed by atoms with Crippen LogP contribution in [0.1, 0.15) is 68.2 Å². The molecule has 1 heteroatoms. The minimum atomic E-state index is 1.04. The van der Waals surface area contributed by atoms with E-state index in [1.54, 1.807) is 0 Å². The molecule has 0 amide bonds. The third-order valence-corrected chi connectivity index (χ3v) is 5.66. The first-order valence-corrected chi connectivity index (χ1v) is 11.4. The molecule has 0 bridgehead atoms. The highest BCUT2D eigenvalue weighted by molar-refractivity contribution is 5.59. The zero-order valence-corrected chi connectivity index (χ0v) is 18.2. The fraction of sp³-hybridized carbons (Fsp3) is 0.393. The number of pyridine rings is 1. The fourth-order valence-corrected chi connectivity index (χ4v) is 3.79. The maximum Gasteiger partial charge on any atom is 0.0702 e. The number of hydrogen-bond acceptors (Lipinski definition) is 1. The molecule has 152 valence electrons. The van der Waals surface area contributed by atoms with Gasteiger partial charge in [-0.3, -0.25) is 4.98 Å². The minimum absolute atomic E-state index is 1.04. The van der Waals surface area contributed by atoms with Gasteiger partial charge in [0.2, 0.25) is 0 Å². The topological polar surface area (TPSA) is 12.9 Å². The molecular weight excluding hydrogens is 350 g/mol. The van der Waals surface area contributed by atoms with E-state index in [1.807, 2.05) is 6.20 Å². The monoisotopic (exact) mass is 385 g/mol. The van der Waals surface area contributed by atoms with Crippen LogP contribution in [0.5, 0.6) is 0 Å². The first-order valence-electron chi connectivity index (χ1n) is 11.4. The van der Waals surface area contributed by atoms with E-state index in [0.717, 1.165) is 18.5 Å². The largest absolute Gasteiger partial charge is 0.256 e. The molecule has 0 saturated carbocycles. The predicted molar refractivity (Wildman–Crippen MR) is 125 cm³/mol. The maximum absolute atomic E-state index is 4.72. The third kappa shape index (κ3) is 6.85. The van der Waals surface area contributed by atoms with Gasteiger partial charge in [0.25, 0.3) is 0 Å². The molecule has 0 atom stereocenters. The molecule has 3 rings (SSSR count). The molecule has 0 saturated heterocycles. The molecule has 1 aromatic heterocycles. The van der Waals surface area contributed by atoms with Gasteiger partial charge in [0, 0.05) is 11.8 Å². The molecule has 29 heavy (non-hydrogen) atoms. The lowest BCUT2D eigenvalue weighted by molar-refractivity contribution is 0.667. The van der Waals surface area contributed by atoms with Crippen molar-refractivity contribution in [2.75, 3.05) is 0 Å². The third-order valence-electron chi connectivity index (χ3n) is 5.66. The Morgan fingerprint density at radius 3 is 1.72 bits per heavy atom. The molecule has 0 N–H and O–H groups in total. The molecule has 1 heterocycles. The highest BCUT2D eigenvalue weighted by Gasteiger charge is 2.02. The van der Waals surface area contributed by atoms with Gasteiger partial charge in [0.05, 0.1) is 5.69 Å². The highest BCUT2D eigenvalue weighted by atomic mass is 14.7. The number of aromatic nitrogens is 1. The van der Waals surface area contributed by atoms with Gasteiger partial charge in [-0.05, 0) is 60.4 Å². The predicted octanol–water partition coefficient (Wildman–Crippen LogP) is 7.61. The number of aryl methyl sites for hydroxylation is 4. The van der Waals surface area contributed by atoms with Crippen LogP contribution in [0.2, 0.25) is 0 Å². The Morgan fingerprint density at radius 1 is 0.517 bits per heavy atom. The van der Waals surface area contributed by atoms with Crippen LogP contribution >= 0.6 is 0 Å². The van der Waals surface area contributed by atoms with Crippen molar-refractivity contribution in [3.05, 3.63) is 89.1 Å². The summed E-state index contributed by atoms with van der Waals surface area (Å²) in [6, 6.07) is 22.4. The molecule has 1 nitrogen and oxygen atoms in total. The lowest BCUT2D eigenvalue weighted by Gasteiger charge is -2.07. The van der Waals surface area contributed by atoms with Crippen molar-refractivity contribution >= 4 is 0 Å². The van der Waals surface area contributed by atoms with E-state index in [-0.39, 0.29) is 0 Å². The van der Waals surface area contributed by atoms with Crippen molar-refractivity contribution in [1.82, 2.24) is 4.98 Å². The van der Waals surface area contributed by atoms with Gasteiger partial charge in [-0.25, -0.2) is 0 Å². The molecule has 0 radical (unpaired) electrons. The summed E-state index contributed by atoms with van der Waals surface area (Å²) in [6.45, 7) is 4.49. The average molecular weight is 386 g/mol. The fourth-order valence-electron chi connectivity index (χ4n) is 3.79. The standard InChI is InChI=1S/C28H35N/c1-3-5-6-7-9-24-16-19-27(20-17-24)28-21-18-26(22-29-28)15-14-25-12-10-23(8-4-2)11-13-25/h10-13,16-22H,3-9,14-15H2,1-2H3. The van der Waals surface area contributed by atoms with Crippen molar-refractivity contribution in [3.63, 3.8) is 0 Å². The summed E-state index contributed by atoms with van der Waals surface area (Å²) in [6.07, 6.45) is 13.0. The van der Waals surface area contributed by atoms with Crippen LogP contribution in [0.25, 0.3) is 11.3 Å². The second kappa shape index (κ2) is 11.6. The summed E-state index contributed by atoms with van der Waals surface area (Å²) in [5.41, 5.74) is 7.86. The molecule has 0 fully saturated rings. The number of hydrogen-bond donors (Lipinski definition) is 0. The van der Waals surface area contributed by atoms with Crippen molar-refractivity contribution in [2.45, 2.75) is 71.6 Å². The Kier molecular flexibility index (Phi) is 8.49. The molecular formula is C28H35N. The Labute approximate surface area is 177 Å². The van der Waals surface area contributed by atoms with Gasteiger partial charge in [0.1, 0.15) is 0 Å². The maximum atomic E-state index is 4.72. The van der Waals surface area contributed by atoms with Crippen LogP contribution in [0.15, 0.2) is 66.9 Å². The molecule has 0 aliphatic carbocycles. The molecule has 0 unspecified atom stereocenters. The second-order valence-electron chi connectivity index (χ2n) is 8.13. The summed E-state index contributed by atoms with van der Waals surface area (Å²) < 4.78 is 0. The first-order chi connectivity index (χ1) is 14.3. The average Bonchev–Trinajstić information content (AvgIpc) is 2.77. The smallest absolute Gasteiger partial charge is 0.0702 e. The van der Waals surface area contributed by atoms with Crippen LogP contribution in [-0.4, -0.2) is 4.98 Å². The lowest BCUT2D eigenvalue weighted by atomic mass is 10.0. The van der Waals surface area contributed by atoms with Crippen molar-refractivity contribution in [1.29, 1.82) is 0 Å². The normalized spacial score (nSPS) is 11.0. The molecule has 0 aliphatic heterocycles. The quantitative estimate of drug-likeness (QED) is 0.309. The van der Waals surface area contributed by atoms with E-state index < -0.39 is 0 Å². The first kappa shape index (κ1) is 21.3. The number of rotatable bonds is 11. The van der Waals surface area contributed by atoms with Gasteiger partial charge in [0.15, 0.2) is 0 Å². The Bertz CT molecular complexity index is 829. The lowest BCUT2D eigenvalue weighted by Crippen LogP contribution is -1.94. The zero-order chi connectivity index (χ0) is 20.3. The minimum Gasteiger partial charge on any atom is -0.256 e. The summed E-state index contributed by atoms with van der Waals surface area (Å²) >= 11 is 0. The zero-order valence-electron chi connectivity index (χ0n) is 18.2. The summed E-state index contributed by atoms with van der Waals surface area (Å²) in [5.74, 6) is 0. The van der Waals surface area contributed by atoms with E-state index in [4.69, 9.17) is 4.98 Å². The Balaban J connectivity index is 1.51. The molecule has 3 aromatic rings. The van der Waals surface area contributed by atoms with Crippen LogP contribution < -0.4 is 0 Å². The van der Waals surface area contributed by atoms with Crippen LogP contribution in [0.3, 0.4) is 0 Å². The van der Waals surface area contributed by atoms with E-state index in [1.165, 1.54) is 72.8 Å². The molecule has 2 aromatic carbocycles. The molecule has 0 aliphatic rings. The van der Waals surface area contributed by atoms with Gasteiger partial charge >= 0.3 is 0 Å². The number of benzene rings is 2. The Morgan fingerprint density at radius 2 is 1.10 bits per heavy atom. The Hall–Kier alpha value is -2.41. The highest BCUT2D eigenvalue weighted by Crippen LogP contribution is 2.19. The van der Waals surface area contributed by atoms with Gasteiger partial charge in [-0.1, -0.05) is 94.1 Å². The van der Waals surface area contributed by atoms with Crippen molar-refractivity contribution < 1.29 is 0 Å². The van der Waals surface area contributed by atoms with E-state index >= 15 is 0 Å². The number of nitrogens with zero attached hydrogens (tertiary/aromatic N) is 1. The summed E-state index contributed by atoms with van der Waals surface area (Å²) in [5, 5.41) is 0. The van der Waals surface area contributed by atoms with Crippen LogP contribution in [0.4, 0.5) is 0 Å². The summed E-state index contributed by atoms with van der Waals surface area (Å²) in [4.78, 5) is 4.72. The van der Waals surface area contributed by atoms with Crippen molar-refractivity contribution in [2.24, 2.45) is 0 Å². The van der Waals surface area contributed by atoms with Crippen molar-refractivity contribution in [3.8, 4) is 11.3 Å². The SMILES string of the molecule is CCCCCCc1ccc(-c2ccc(CCc3ccc(CCC)cc3)cn2)cc1. The van der Waals surface area contributed by atoms with Crippen LogP contribution in [-0.2, 0) is 25.7 Å². The van der Waals surface area contributed by atoms with E-state index in [2.05, 4.69) is 74.5 Å². The van der Waals surface area contributed by atoms with Crippen LogP contribution in [0, 0.1) is 0 Å². The van der Waals surface area contributed by atoms with Gasteiger partial charge in [-0.2, -0.15) is 0 Å². The van der Waals surface area contributed by atoms with E-state index in [0.29, 0.717) is 0 Å².